The molecule has 1 N–H and O–H groups in total. The molecule has 0 fully saturated rings. The SMILES string of the molecule is CN(Cc1ncc[nH]1)C(=O)c1cn(-c2ccccc2)nn1. The van der Waals surface area contributed by atoms with Crippen LogP contribution in [0.3, 0.4) is 0 Å². The van der Waals surface area contributed by atoms with Crippen molar-refractivity contribution >= 4 is 5.91 Å². The third kappa shape index (κ3) is 2.81. The molecule has 0 spiro atoms. The van der Waals surface area contributed by atoms with Crippen LogP contribution in [0.15, 0.2) is 48.9 Å². The lowest BCUT2D eigenvalue weighted by molar-refractivity contribution is 0.0776. The molecule has 7 heteroatoms. The smallest absolute Gasteiger partial charge is 0.276 e. The van der Waals surface area contributed by atoms with Crippen LogP contribution in [0.1, 0.15) is 16.3 Å². The number of benzene rings is 1. The second-order valence-corrected chi connectivity index (χ2v) is 4.58. The lowest BCUT2D eigenvalue weighted by atomic mass is 10.3. The lowest BCUT2D eigenvalue weighted by Gasteiger charge is -2.13. The molecular weight excluding hydrogens is 268 g/mol. The second kappa shape index (κ2) is 5.58. The van der Waals surface area contributed by atoms with Crippen LogP contribution in [-0.4, -0.2) is 42.8 Å². The number of hydrogen-bond acceptors (Lipinski definition) is 4. The van der Waals surface area contributed by atoms with Crippen LogP contribution in [0.5, 0.6) is 0 Å². The number of rotatable bonds is 4. The van der Waals surface area contributed by atoms with Gasteiger partial charge in [0.2, 0.25) is 0 Å². The fourth-order valence-corrected chi connectivity index (χ4v) is 1.95. The number of hydrogen-bond donors (Lipinski definition) is 1. The first-order valence-electron chi connectivity index (χ1n) is 6.45. The fraction of sp³-hybridized carbons (Fsp3) is 0.143. The molecule has 0 unspecified atom stereocenters. The van der Waals surface area contributed by atoms with Crippen molar-refractivity contribution in [2.75, 3.05) is 7.05 Å². The number of nitrogens with one attached hydrogen (secondary N) is 1. The number of carbonyl (C=O) groups is 1. The summed E-state index contributed by atoms with van der Waals surface area (Å²) in [6.07, 6.45) is 5.00. The Balaban J connectivity index is 1.75. The van der Waals surface area contributed by atoms with Gasteiger partial charge >= 0.3 is 0 Å². The van der Waals surface area contributed by atoms with Gasteiger partial charge < -0.3 is 9.88 Å². The summed E-state index contributed by atoms with van der Waals surface area (Å²) in [6, 6.07) is 9.53. The van der Waals surface area contributed by atoms with Crippen molar-refractivity contribution < 1.29 is 4.79 Å². The normalized spacial score (nSPS) is 10.5. The molecule has 0 radical (unpaired) electrons. The molecule has 0 aliphatic heterocycles. The van der Waals surface area contributed by atoms with E-state index in [1.807, 2.05) is 30.3 Å². The van der Waals surface area contributed by atoms with Gasteiger partial charge in [-0.1, -0.05) is 23.4 Å². The number of para-hydroxylation sites is 1. The minimum Gasteiger partial charge on any atom is -0.347 e. The molecule has 2 heterocycles. The van der Waals surface area contributed by atoms with Crippen molar-refractivity contribution in [1.82, 2.24) is 29.9 Å². The highest BCUT2D eigenvalue weighted by Crippen LogP contribution is 2.08. The first-order chi connectivity index (χ1) is 10.2. The molecule has 3 aromatic rings. The Morgan fingerprint density at radius 3 is 2.86 bits per heavy atom. The molecule has 7 nitrogen and oxygen atoms in total. The quantitative estimate of drug-likeness (QED) is 0.781. The van der Waals surface area contributed by atoms with Crippen molar-refractivity contribution in [2.24, 2.45) is 0 Å². The Morgan fingerprint density at radius 1 is 1.33 bits per heavy atom. The van der Waals surface area contributed by atoms with Gasteiger partial charge in [0.15, 0.2) is 5.69 Å². The van der Waals surface area contributed by atoms with Crippen LogP contribution < -0.4 is 0 Å². The van der Waals surface area contributed by atoms with E-state index in [4.69, 9.17) is 0 Å². The van der Waals surface area contributed by atoms with E-state index in [0.29, 0.717) is 12.2 Å². The van der Waals surface area contributed by atoms with E-state index in [0.717, 1.165) is 11.5 Å². The first-order valence-corrected chi connectivity index (χ1v) is 6.45. The molecule has 0 saturated heterocycles. The molecule has 0 aliphatic carbocycles. The summed E-state index contributed by atoms with van der Waals surface area (Å²) in [6.45, 7) is 0.393. The highest BCUT2D eigenvalue weighted by Gasteiger charge is 2.17. The van der Waals surface area contributed by atoms with Gasteiger partial charge in [-0.3, -0.25) is 4.79 Å². The summed E-state index contributed by atoms with van der Waals surface area (Å²) in [5.74, 6) is 0.523. The van der Waals surface area contributed by atoms with Crippen molar-refractivity contribution in [2.45, 2.75) is 6.54 Å². The highest BCUT2D eigenvalue weighted by atomic mass is 16.2. The maximum Gasteiger partial charge on any atom is 0.276 e. The van der Waals surface area contributed by atoms with E-state index >= 15 is 0 Å². The number of carbonyl (C=O) groups excluding carboxylic acids is 1. The molecule has 0 bridgehead atoms. The van der Waals surface area contributed by atoms with Crippen LogP contribution in [-0.2, 0) is 6.54 Å². The highest BCUT2D eigenvalue weighted by molar-refractivity contribution is 5.91. The maximum absolute atomic E-state index is 12.3. The molecule has 1 aromatic carbocycles. The van der Waals surface area contributed by atoms with Gasteiger partial charge in [-0.05, 0) is 12.1 Å². The molecule has 3 rings (SSSR count). The van der Waals surface area contributed by atoms with Crippen molar-refractivity contribution in [3.05, 3.63) is 60.4 Å². The summed E-state index contributed by atoms with van der Waals surface area (Å²) in [5, 5.41) is 7.92. The van der Waals surface area contributed by atoms with Crippen molar-refractivity contribution in [1.29, 1.82) is 0 Å². The van der Waals surface area contributed by atoms with Crippen LogP contribution in [0.4, 0.5) is 0 Å². The summed E-state index contributed by atoms with van der Waals surface area (Å²) >= 11 is 0. The number of H-pyrrole nitrogens is 1. The first kappa shape index (κ1) is 13.0. The molecule has 21 heavy (non-hydrogen) atoms. The molecule has 2 aromatic heterocycles. The van der Waals surface area contributed by atoms with E-state index < -0.39 is 0 Å². The summed E-state index contributed by atoms with van der Waals surface area (Å²) < 4.78 is 1.58. The number of amides is 1. The van der Waals surface area contributed by atoms with E-state index in [-0.39, 0.29) is 5.91 Å². The molecule has 106 valence electrons. The second-order valence-electron chi connectivity index (χ2n) is 4.58. The predicted molar refractivity (Wildman–Crippen MR) is 75.7 cm³/mol. The third-order valence-corrected chi connectivity index (χ3v) is 3.02. The molecule has 0 saturated carbocycles. The average molecular weight is 282 g/mol. The molecule has 0 atom stereocenters. The lowest BCUT2D eigenvalue weighted by Crippen LogP contribution is -2.27. The minimum absolute atomic E-state index is 0.200. The Bertz CT molecular complexity index is 719. The Morgan fingerprint density at radius 2 is 2.14 bits per heavy atom. The number of imidazole rings is 1. The zero-order valence-electron chi connectivity index (χ0n) is 11.5. The minimum atomic E-state index is -0.200. The van der Waals surface area contributed by atoms with Crippen molar-refractivity contribution in [3.63, 3.8) is 0 Å². The average Bonchev–Trinajstić information content (AvgIpc) is 3.18. The van der Waals surface area contributed by atoms with Crippen LogP contribution in [0.2, 0.25) is 0 Å². The Labute approximate surface area is 121 Å². The zero-order valence-corrected chi connectivity index (χ0v) is 11.5. The van der Waals surface area contributed by atoms with Gasteiger partial charge in [-0.15, -0.1) is 5.10 Å². The van der Waals surface area contributed by atoms with Crippen molar-refractivity contribution in [3.8, 4) is 5.69 Å². The Hall–Kier alpha value is -2.96. The number of nitrogens with zero attached hydrogens (tertiary/aromatic N) is 5. The van der Waals surface area contributed by atoms with Gasteiger partial charge in [0.25, 0.3) is 5.91 Å². The van der Waals surface area contributed by atoms with E-state index in [2.05, 4.69) is 20.3 Å². The van der Waals surface area contributed by atoms with Gasteiger partial charge in [-0.2, -0.15) is 0 Å². The third-order valence-electron chi connectivity index (χ3n) is 3.02. The standard InChI is InChI=1S/C14H14N6O/c1-19(10-13-15-7-8-16-13)14(21)12-9-20(18-17-12)11-5-3-2-4-6-11/h2-9H,10H2,1H3,(H,15,16). The molecule has 1 amide bonds. The summed E-state index contributed by atoms with van der Waals surface area (Å²) in [7, 11) is 1.70. The number of aromatic amines is 1. The zero-order chi connectivity index (χ0) is 14.7. The van der Waals surface area contributed by atoms with Gasteiger partial charge in [0, 0.05) is 19.4 Å². The topological polar surface area (TPSA) is 79.7 Å². The van der Waals surface area contributed by atoms with Crippen LogP contribution in [0.25, 0.3) is 5.69 Å². The maximum atomic E-state index is 12.3. The van der Waals surface area contributed by atoms with Gasteiger partial charge in [0.1, 0.15) is 5.82 Å². The molecule has 0 aliphatic rings. The van der Waals surface area contributed by atoms with Gasteiger partial charge in [-0.25, -0.2) is 9.67 Å². The summed E-state index contributed by atoms with van der Waals surface area (Å²) in [5.41, 5.74) is 1.16. The predicted octanol–water partition coefficient (Wildman–Crippen LogP) is 1.26. The van der Waals surface area contributed by atoms with Crippen LogP contribution >= 0.6 is 0 Å². The number of aromatic nitrogens is 5. The largest absolute Gasteiger partial charge is 0.347 e. The van der Waals surface area contributed by atoms with Crippen LogP contribution in [0, 0.1) is 0 Å². The fourth-order valence-electron chi connectivity index (χ4n) is 1.95. The van der Waals surface area contributed by atoms with E-state index in [9.17, 15) is 4.79 Å². The van der Waals surface area contributed by atoms with E-state index in [1.165, 1.54) is 4.90 Å². The van der Waals surface area contributed by atoms with E-state index in [1.54, 1.807) is 30.3 Å². The summed E-state index contributed by atoms with van der Waals surface area (Å²) in [4.78, 5) is 20.9. The molecular formula is C14H14N6O. The monoisotopic (exact) mass is 282 g/mol. The Kier molecular flexibility index (Phi) is 3.46. The van der Waals surface area contributed by atoms with Gasteiger partial charge in [0.05, 0.1) is 18.4 Å².